The monoisotopic (exact) mass is 262 g/mol. The van der Waals surface area contributed by atoms with Crippen LogP contribution in [0.3, 0.4) is 0 Å². The normalized spacial score (nSPS) is 13.9. The molecule has 1 aromatic carbocycles. The lowest BCUT2D eigenvalue weighted by atomic mass is 10.3. The number of amides is 1. The van der Waals surface area contributed by atoms with Gasteiger partial charge in [-0.3, -0.25) is 14.9 Å². The molecule has 1 rings (SSSR count). The Morgan fingerprint density at radius 2 is 1.94 bits per heavy atom. The molecule has 0 aliphatic carbocycles. The smallest absolute Gasteiger partial charge is 0.269 e. The minimum atomic E-state index is -3.33. The number of halogens is 1. The van der Waals surface area contributed by atoms with Crippen molar-refractivity contribution in [2.24, 2.45) is 4.36 Å². The molecule has 1 atom stereocenters. The van der Waals surface area contributed by atoms with E-state index in [9.17, 15) is 19.1 Å². The third-order valence-corrected chi connectivity index (χ3v) is 3.67. The number of carbonyl (C=O) groups excluding carboxylic acids is 1. The first-order valence-corrected chi connectivity index (χ1v) is 6.39. The maximum Gasteiger partial charge on any atom is 0.269 e. The quantitative estimate of drug-likeness (QED) is 0.464. The lowest BCUT2D eigenvalue weighted by Crippen LogP contribution is -1.96. The van der Waals surface area contributed by atoms with E-state index < -0.39 is 19.8 Å². The third-order valence-electron chi connectivity index (χ3n) is 1.58. The Hall–Kier alpha value is -1.47. The van der Waals surface area contributed by atoms with E-state index in [4.69, 9.17) is 10.7 Å². The zero-order valence-electron chi connectivity index (χ0n) is 8.12. The van der Waals surface area contributed by atoms with Gasteiger partial charge < -0.3 is 0 Å². The molecule has 0 heterocycles. The van der Waals surface area contributed by atoms with Gasteiger partial charge in [-0.05, 0) is 12.1 Å². The number of nitro groups is 1. The highest BCUT2D eigenvalue weighted by Crippen LogP contribution is 2.21. The van der Waals surface area contributed by atoms with E-state index >= 15 is 0 Å². The van der Waals surface area contributed by atoms with Crippen molar-refractivity contribution in [3.63, 3.8) is 0 Å². The molecule has 0 N–H and O–H groups in total. The van der Waals surface area contributed by atoms with Gasteiger partial charge in [0.05, 0.1) is 9.82 Å². The summed E-state index contributed by atoms with van der Waals surface area (Å²) in [6.45, 7) is 1.12. The summed E-state index contributed by atoms with van der Waals surface area (Å²) >= 11 is 0. The van der Waals surface area contributed by atoms with Crippen LogP contribution in [0.4, 0.5) is 5.69 Å². The van der Waals surface area contributed by atoms with Crippen molar-refractivity contribution in [1.82, 2.24) is 0 Å². The van der Waals surface area contributed by atoms with Gasteiger partial charge in [0.2, 0.25) is 0 Å². The number of carbonyl (C=O) groups is 1. The minimum absolute atomic E-state index is 0.0648. The molecule has 0 fully saturated rings. The lowest BCUT2D eigenvalue weighted by Gasteiger charge is -1.99. The summed E-state index contributed by atoms with van der Waals surface area (Å²) in [6.07, 6.45) is 0. The molecule has 0 saturated carbocycles. The van der Waals surface area contributed by atoms with Gasteiger partial charge >= 0.3 is 0 Å². The van der Waals surface area contributed by atoms with Crippen LogP contribution < -0.4 is 0 Å². The van der Waals surface area contributed by atoms with E-state index in [1.165, 1.54) is 12.1 Å². The number of nitro benzene ring substituents is 1. The highest BCUT2D eigenvalue weighted by Gasteiger charge is 2.12. The van der Waals surface area contributed by atoms with E-state index in [-0.39, 0.29) is 10.6 Å². The van der Waals surface area contributed by atoms with Crippen LogP contribution in [-0.4, -0.2) is 15.0 Å². The van der Waals surface area contributed by atoms with E-state index in [2.05, 4.69) is 4.36 Å². The predicted molar refractivity (Wildman–Crippen MR) is 58.5 cm³/mol. The summed E-state index contributed by atoms with van der Waals surface area (Å²) in [5.41, 5.74) is -0.154. The topological polar surface area (TPSA) is 89.6 Å². The molecule has 1 aromatic rings. The molecule has 86 valence electrons. The summed E-state index contributed by atoms with van der Waals surface area (Å²) in [5, 5.41) is 10.4. The number of hydrogen-bond acceptors (Lipinski definition) is 4. The van der Waals surface area contributed by atoms with Crippen LogP contribution in [0.15, 0.2) is 33.5 Å². The van der Waals surface area contributed by atoms with Crippen LogP contribution >= 0.6 is 10.7 Å². The number of hydrogen-bond donors (Lipinski definition) is 0. The first-order valence-electron chi connectivity index (χ1n) is 4.05. The highest BCUT2D eigenvalue weighted by molar-refractivity contribution is 8.15. The second kappa shape index (κ2) is 4.58. The van der Waals surface area contributed by atoms with E-state index in [0.29, 0.717) is 0 Å². The zero-order valence-corrected chi connectivity index (χ0v) is 9.70. The van der Waals surface area contributed by atoms with Gasteiger partial charge in [0.25, 0.3) is 11.6 Å². The van der Waals surface area contributed by atoms with E-state index in [0.717, 1.165) is 19.1 Å². The van der Waals surface area contributed by atoms with Gasteiger partial charge in [-0.15, -0.1) is 4.36 Å². The van der Waals surface area contributed by atoms with E-state index in [1.54, 1.807) is 0 Å². The second-order valence-electron chi connectivity index (χ2n) is 2.82. The summed E-state index contributed by atoms with van der Waals surface area (Å²) < 4.78 is 14.9. The summed E-state index contributed by atoms with van der Waals surface area (Å²) in [5.74, 6) is -0.668. The van der Waals surface area contributed by atoms with Crippen LogP contribution in [0.25, 0.3) is 0 Å². The van der Waals surface area contributed by atoms with E-state index in [1.807, 2.05) is 0 Å². The summed E-state index contributed by atoms with van der Waals surface area (Å²) in [6, 6.07) is 4.71. The Kier molecular flexibility index (Phi) is 3.61. The van der Waals surface area contributed by atoms with Gasteiger partial charge in [0.1, 0.15) is 0 Å². The van der Waals surface area contributed by atoms with Crippen molar-refractivity contribution in [2.75, 3.05) is 0 Å². The van der Waals surface area contributed by atoms with Crippen LogP contribution in [0.1, 0.15) is 6.92 Å². The lowest BCUT2D eigenvalue weighted by molar-refractivity contribution is -0.384. The number of benzene rings is 1. The van der Waals surface area contributed by atoms with Gasteiger partial charge in [0, 0.05) is 29.7 Å². The predicted octanol–water partition coefficient (Wildman–Crippen LogP) is 2.12. The van der Waals surface area contributed by atoms with Crippen LogP contribution in [0, 0.1) is 10.1 Å². The molecule has 16 heavy (non-hydrogen) atoms. The van der Waals surface area contributed by atoms with Crippen LogP contribution in [0.5, 0.6) is 0 Å². The van der Waals surface area contributed by atoms with Gasteiger partial charge in [0.15, 0.2) is 8.94 Å². The number of rotatable bonds is 2. The second-order valence-corrected chi connectivity index (χ2v) is 5.65. The molecule has 0 bridgehead atoms. The molecule has 8 heteroatoms. The standard InChI is InChI=1S/C8H7ClN2O4S/c1-6(12)10-16(9,15)8-4-2-7(3-5-8)11(13)14/h2-5H,1H3. The SMILES string of the molecule is CC(=O)N=S(=O)(Cl)c1ccc([N+](=O)[O-])cc1. The number of nitrogens with zero attached hydrogens (tertiary/aromatic N) is 2. The fraction of sp³-hybridized carbons (Fsp3) is 0.125. The van der Waals surface area contributed by atoms with Gasteiger partial charge in [-0.25, -0.2) is 4.21 Å². The molecule has 0 spiro atoms. The molecule has 6 nitrogen and oxygen atoms in total. The van der Waals surface area contributed by atoms with Crippen LogP contribution in [0.2, 0.25) is 0 Å². The largest absolute Gasteiger partial charge is 0.272 e. The molecule has 0 aliphatic heterocycles. The van der Waals surface area contributed by atoms with Crippen molar-refractivity contribution < 1.29 is 13.9 Å². The van der Waals surface area contributed by atoms with Crippen molar-refractivity contribution in [2.45, 2.75) is 11.8 Å². The van der Waals surface area contributed by atoms with Crippen molar-refractivity contribution in [3.8, 4) is 0 Å². The Morgan fingerprint density at radius 3 is 2.31 bits per heavy atom. The molecule has 1 unspecified atom stereocenters. The molecular formula is C8H7ClN2O4S. The summed E-state index contributed by atoms with van der Waals surface area (Å²) in [7, 11) is 2.23. The van der Waals surface area contributed by atoms with Gasteiger partial charge in [-0.1, -0.05) is 0 Å². The third kappa shape index (κ3) is 3.01. The fourth-order valence-corrected chi connectivity index (χ4v) is 2.46. The molecular weight excluding hydrogens is 256 g/mol. The molecule has 1 amide bonds. The fourth-order valence-electron chi connectivity index (χ4n) is 0.954. The molecule has 0 radical (unpaired) electrons. The highest BCUT2D eigenvalue weighted by atomic mass is 35.7. The Bertz CT molecular complexity index is 546. The summed E-state index contributed by atoms with van der Waals surface area (Å²) in [4.78, 5) is 20.5. The minimum Gasteiger partial charge on any atom is -0.272 e. The molecule has 0 aromatic heterocycles. The van der Waals surface area contributed by atoms with Gasteiger partial charge in [-0.2, -0.15) is 0 Å². The molecule has 0 saturated heterocycles. The van der Waals surface area contributed by atoms with Crippen molar-refractivity contribution in [1.29, 1.82) is 0 Å². The maximum absolute atomic E-state index is 11.7. The zero-order chi connectivity index (χ0) is 12.3. The maximum atomic E-state index is 11.7. The van der Waals surface area contributed by atoms with Crippen molar-refractivity contribution >= 4 is 31.2 Å². The Balaban J connectivity index is 3.22. The first-order chi connectivity index (χ1) is 7.33. The van der Waals surface area contributed by atoms with Crippen LogP contribution in [-0.2, 0) is 13.7 Å². The average molecular weight is 263 g/mol. The first kappa shape index (κ1) is 12.6. The number of non-ortho nitro benzene ring substituents is 1. The average Bonchev–Trinajstić information content (AvgIpc) is 2.16. The Morgan fingerprint density at radius 1 is 1.44 bits per heavy atom. The molecule has 0 aliphatic rings. The van der Waals surface area contributed by atoms with Crippen molar-refractivity contribution in [3.05, 3.63) is 34.4 Å². The Labute approximate surface area is 96.1 Å².